The molecule has 0 spiro atoms. The van der Waals surface area contributed by atoms with E-state index < -0.39 is 0 Å². The molecule has 0 N–H and O–H groups in total. The van der Waals surface area contributed by atoms with Crippen LogP contribution in [0.4, 0.5) is 0 Å². The van der Waals surface area contributed by atoms with E-state index in [-0.39, 0.29) is 5.38 Å². The number of rotatable bonds is 4. The van der Waals surface area contributed by atoms with Gasteiger partial charge in [-0.25, -0.2) is 0 Å². The number of nitrogens with zero attached hydrogens (tertiary/aromatic N) is 1. The maximum atomic E-state index is 5.92. The van der Waals surface area contributed by atoms with E-state index in [4.69, 9.17) is 11.6 Å². The number of hydrogen-bond acceptors (Lipinski definition) is 1. The van der Waals surface area contributed by atoms with Crippen molar-refractivity contribution in [2.45, 2.75) is 31.6 Å². The van der Waals surface area contributed by atoms with Crippen molar-refractivity contribution in [3.05, 3.63) is 42.1 Å². The van der Waals surface area contributed by atoms with E-state index in [1.807, 2.05) is 19.1 Å². The summed E-state index contributed by atoms with van der Waals surface area (Å²) in [5.41, 5.74) is 2.25. The molecule has 1 unspecified atom stereocenters. The average Bonchev–Trinajstić information content (AvgIpc) is 2.28. The molecule has 0 radical (unpaired) electrons. The number of fused-ring (bicyclic) bond motifs is 1. The van der Waals surface area contributed by atoms with Crippen molar-refractivity contribution in [3.8, 4) is 0 Å². The molecule has 2 aromatic rings. The molecule has 0 amide bonds. The van der Waals surface area contributed by atoms with Gasteiger partial charge in [-0.2, -0.15) is 0 Å². The van der Waals surface area contributed by atoms with Crippen molar-refractivity contribution in [1.82, 2.24) is 4.98 Å². The Morgan fingerprint density at radius 2 is 2.00 bits per heavy atom. The zero-order valence-electron chi connectivity index (χ0n) is 9.49. The van der Waals surface area contributed by atoms with Gasteiger partial charge in [0, 0.05) is 16.5 Å². The summed E-state index contributed by atoms with van der Waals surface area (Å²) in [7, 11) is 0. The number of para-hydroxylation sites is 1. The van der Waals surface area contributed by atoms with Gasteiger partial charge in [-0.15, -0.1) is 11.6 Å². The number of alkyl halides is 1. The molecule has 1 atom stereocenters. The van der Waals surface area contributed by atoms with E-state index in [0.29, 0.717) is 0 Å². The summed E-state index contributed by atoms with van der Waals surface area (Å²) in [4.78, 5) is 4.63. The van der Waals surface area contributed by atoms with Gasteiger partial charge in [0.15, 0.2) is 0 Å². The van der Waals surface area contributed by atoms with Crippen LogP contribution >= 0.6 is 11.6 Å². The summed E-state index contributed by atoms with van der Waals surface area (Å²) in [5.74, 6) is 0. The van der Waals surface area contributed by atoms with Crippen molar-refractivity contribution < 1.29 is 0 Å². The fourth-order valence-electron chi connectivity index (χ4n) is 1.81. The largest absolute Gasteiger partial charge is 0.253 e. The summed E-state index contributed by atoms with van der Waals surface area (Å²) >= 11 is 5.92. The van der Waals surface area contributed by atoms with Gasteiger partial charge in [-0.05, 0) is 38.3 Å². The molecule has 1 nitrogen and oxygen atoms in total. The van der Waals surface area contributed by atoms with Gasteiger partial charge in [0.05, 0.1) is 5.52 Å². The lowest BCUT2D eigenvalue weighted by atomic mass is 10.1. The van der Waals surface area contributed by atoms with Crippen LogP contribution in [0.3, 0.4) is 0 Å². The molecule has 0 saturated heterocycles. The fraction of sp³-hybridized carbons (Fsp3) is 0.357. The molecule has 2 rings (SSSR count). The summed E-state index contributed by atoms with van der Waals surface area (Å²) in [6, 6.07) is 12.5. The van der Waals surface area contributed by atoms with E-state index in [9.17, 15) is 0 Å². The Morgan fingerprint density at radius 1 is 1.19 bits per heavy atom. The first-order valence-corrected chi connectivity index (χ1v) is 6.18. The minimum Gasteiger partial charge on any atom is -0.253 e. The Balaban J connectivity index is 2.08. The monoisotopic (exact) mass is 233 g/mol. The average molecular weight is 234 g/mol. The Labute approximate surface area is 101 Å². The van der Waals surface area contributed by atoms with Gasteiger partial charge >= 0.3 is 0 Å². The number of hydrogen-bond donors (Lipinski definition) is 0. The molecule has 0 aliphatic rings. The minimum atomic E-state index is 0.264. The molecule has 16 heavy (non-hydrogen) atoms. The first-order valence-electron chi connectivity index (χ1n) is 5.74. The van der Waals surface area contributed by atoms with Gasteiger partial charge < -0.3 is 0 Å². The smallest absolute Gasteiger partial charge is 0.0705 e. The van der Waals surface area contributed by atoms with Crippen LogP contribution in [0.15, 0.2) is 36.4 Å². The SMILES string of the molecule is CC(Cl)CCCc1ccc2ccccc2n1. The second-order valence-electron chi connectivity index (χ2n) is 4.17. The third kappa shape index (κ3) is 2.96. The number of aromatic nitrogens is 1. The second-order valence-corrected chi connectivity index (χ2v) is 4.91. The van der Waals surface area contributed by atoms with Crippen LogP contribution in [-0.2, 0) is 6.42 Å². The van der Waals surface area contributed by atoms with Crippen molar-refractivity contribution in [3.63, 3.8) is 0 Å². The van der Waals surface area contributed by atoms with E-state index in [2.05, 4.69) is 29.2 Å². The zero-order valence-corrected chi connectivity index (χ0v) is 10.2. The lowest BCUT2D eigenvalue weighted by Crippen LogP contribution is -1.95. The number of benzene rings is 1. The number of aryl methyl sites for hydroxylation is 1. The van der Waals surface area contributed by atoms with Gasteiger partial charge in [-0.3, -0.25) is 4.98 Å². The van der Waals surface area contributed by atoms with Crippen LogP contribution in [0.25, 0.3) is 10.9 Å². The number of pyridine rings is 1. The van der Waals surface area contributed by atoms with Gasteiger partial charge in [-0.1, -0.05) is 24.3 Å². The third-order valence-electron chi connectivity index (χ3n) is 2.69. The van der Waals surface area contributed by atoms with Crippen molar-refractivity contribution >= 4 is 22.5 Å². The molecule has 0 aliphatic carbocycles. The lowest BCUT2D eigenvalue weighted by molar-refractivity contribution is 0.715. The first-order chi connectivity index (χ1) is 7.75. The Bertz CT molecular complexity index is 465. The highest BCUT2D eigenvalue weighted by atomic mass is 35.5. The second kappa shape index (κ2) is 5.31. The maximum absolute atomic E-state index is 5.92. The Morgan fingerprint density at radius 3 is 2.81 bits per heavy atom. The first kappa shape index (κ1) is 11.4. The van der Waals surface area contributed by atoms with Crippen LogP contribution in [0.1, 0.15) is 25.5 Å². The summed E-state index contributed by atoms with van der Waals surface area (Å²) in [6.07, 6.45) is 3.17. The number of halogens is 1. The van der Waals surface area contributed by atoms with Crippen LogP contribution < -0.4 is 0 Å². The Hall–Kier alpha value is -1.08. The van der Waals surface area contributed by atoms with E-state index in [1.54, 1.807) is 0 Å². The highest BCUT2D eigenvalue weighted by Gasteiger charge is 2.00. The van der Waals surface area contributed by atoms with E-state index >= 15 is 0 Å². The quantitative estimate of drug-likeness (QED) is 0.722. The maximum Gasteiger partial charge on any atom is 0.0705 e. The normalized spacial score (nSPS) is 12.9. The molecule has 0 bridgehead atoms. The molecular weight excluding hydrogens is 218 g/mol. The van der Waals surface area contributed by atoms with Crippen LogP contribution in [0.5, 0.6) is 0 Å². The highest BCUT2D eigenvalue weighted by molar-refractivity contribution is 6.20. The molecule has 1 heterocycles. The van der Waals surface area contributed by atoms with E-state index in [0.717, 1.165) is 30.5 Å². The predicted octanol–water partition coefficient (Wildman–Crippen LogP) is 4.18. The molecule has 2 heteroatoms. The molecule has 84 valence electrons. The Kier molecular flexibility index (Phi) is 3.79. The molecule has 0 fully saturated rings. The molecule has 1 aromatic heterocycles. The van der Waals surface area contributed by atoms with E-state index in [1.165, 1.54) is 5.39 Å². The topological polar surface area (TPSA) is 12.9 Å². The highest BCUT2D eigenvalue weighted by Crippen LogP contribution is 2.14. The lowest BCUT2D eigenvalue weighted by Gasteiger charge is -2.04. The summed E-state index contributed by atoms with van der Waals surface area (Å²) < 4.78 is 0. The van der Waals surface area contributed by atoms with Crippen LogP contribution in [-0.4, -0.2) is 10.4 Å². The molecule has 1 aromatic carbocycles. The van der Waals surface area contributed by atoms with Gasteiger partial charge in [0.25, 0.3) is 0 Å². The standard InChI is InChI=1S/C14H16ClN/c1-11(15)5-4-7-13-10-9-12-6-2-3-8-14(12)16-13/h2-3,6,8-11H,4-5,7H2,1H3. The van der Waals surface area contributed by atoms with Crippen molar-refractivity contribution in [2.75, 3.05) is 0 Å². The van der Waals surface area contributed by atoms with Gasteiger partial charge in [0.1, 0.15) is 0 Å². The van der Waals surface area contributed by atoms with Crippen LogP contribution in [0.2, 0.25) is 0 Å². The summed E-state index contributed by atoms with van der Waals surface area (Å²) in [6.45, 7) is 2.04. The third-order valence-corrected chi connectivity index (χ3v) is 2.91. The molecular formula is C14H16ClN. The minimum absolute atomic E-state index is 0.264. The van der Waals surface area contributed by atoms with Crippen molar-refractivity contribution in [2.24, 2.45) is 0 Å². The molecule has 0 saturated carbocycles. The van der Waals surface area contributed by atoms with Crippen molar-refractivity contribution in [1.29, 1.82) is 0 Å². The molecule has 0 aliphatic heterocycles. The fourth-order valence-corrected chi connectivity index (χ4v) is 1.97. The summed E-state index contributed by atoms with van der Waals surface area (Å²) in [5, 5.41) is 1.47. The zero-order chi connectivity index (χ0) is 11.4. The van der Waals surface area contributed by atoms with Gasteiger partial charge in [0.2, 0.25) is 0 Å². The predicted molar refractivity (Wildman–Crippen MR) is 70.0 cm³/mol. The van der Waals surface area contributed by atoms with Crippen LogP contribution in [0, 0.1) is 0 Å².